The predicted molar refractivity (Wildman–Crippen MR) is 127 cm³/mol. The van der Waals surface area contributed by atoms with Gasteiger partial charge in [-0.15, -0.1) is 10.2 Å². The van der Waals surface area contributed by atoms with E-state index in [0.717, 1.165) is 30.3 Å². The minimum atomic E-state index is -5.07. The molecule has 0 spiro atoms. The Labute approximate surface area is 228 Å². The number of nitrogens with zero attached hydrogens (tertiary/aromatic N) is 5. The average Bonchev–Trinajstić information content (AvgIpc) is 3.39. The largest absolute Gasteiger partial charge is 0.530 e. The second-order valence-electron chi connectivity index (χ2n) is 9.48. The van der Waals surface area contributed by atoms with Gasteiger partial charge < -0.3 is 19.5 Å². The van der Waals surface area contributed by atoms with Gasteiger partial charge in [-0.2, -0.15) is 31.6 Å². The molecule has 0 aliphatic carbocycles. The van der Waals surface area contributed by atoms with Crippen LogP contribution >= 0.6 is 0 Å². The number of carboxylic acid groups (broad SMARTS) is 1. The maximum Gasteiger partial charge on any atom is 0.416 e. The van der Waals surface area contributed by atoms with Gasteiger partial charge in [-0.25, -0.2) is 8.42 Å². The van der Waals surface area contributed by atoms with Crippen LogP contribution in [0.5, 0.6) is 5.75 Å². The molecule has 1 amide bonds. The fourth-order valence-electron chi connectivity index (χ4n) is 4.14. The fourth-order valence-corrected chi connectivity index (χ4v) is 5.68. The van der Waals surface area contributed by atoms with Gasteiger partial charge in [0, 0.05) is 12.1 Å². The Morgan fingerprint density at radius 3 is 2.44 bits per heavy atom. The molecule has 0 saturated carbocycles. The number of alkyl halides is 6. The van der Waals surface area contributed by atoms with Crippen LogP contribution in [0, 0.1) is 0 Å². The normalized spacial score (nSPS) is 16.2. The van der Waals surface area contributed by atoms with E-state index in [1.807, 2.05) is 0 Å². The Hall–Kier alpha value is -4.09. The number of nitrogens with one attached hydrogen (secondary N) is 1. The Bertz CT molecular complexity index is 1530. The van der Waals surface area contributed by atoms with Crippen LogP contribution in [-0.2, 0) is 22.6 Å². The lowest BCUT2D eigenvalue weighted by atomic mass is 10.0. The van der Waals surface area contributed by atoms with Crippen molar-refractivity contribution in [2.45, 2.75) is 55.6 Å². The molecule has 0 saturated heterocycles. The molecule has 1 N–H and O–H groups in total. The number of ether oxygens (including phenoxy) is 1. The lowest BCUT2D eigenvalue weighted by molar-refractivity contribution is -0.254. The average molecular weight is 608 g/mol. The van der Waals surface area contributed by atoms with E-state index in [-0.39, 0.29) is 35.0 Å². The molecule has 1 aromatic heterocycles. The van der Waals surface area contributed by atoms with Gasteiger partial charge in [0.15, 0.2) is 5.82 Å². The molecule has 0 unspecified atom stereocenters. The van der Waals surface area contributed by atoms with Gasteiger partial charge in [0.1, 0.15) is 23.5 Å². The SMILES string of the molecule is CC(C)(N(C(=O)[O-])c1ccc2c(c1)N(S(=O)(=O)c1cccc(C(F)(F)F)c1)C[C@H](CCc1nn[nH]n1)O2)C(F)(F)F. The molecule has 222 valence electrons. The lowest BCUT2D eigenvalue weighted by Gasteiger charge is -2.42. The number of hydrogen-bond acceptors (Lipinski definition) is 8. The van der Waals surface area contributed by atoms with E-state index in [1.54, 1.807) is 0 Å². The molecule has 0 radical (unpaired) electrons. The van der Waals surface area contributed by atoms with E-state index in [9.17, 15) is 44.7 Å². The standard InChI is InChI=1S/C23H22F6N6O5S/c1-21(2,23(27,28)29)35(20(36)37)14-6-8-18-17(11-14)34(12-15(40-18)7-9-19-30-32-33-31-19)41(38,39)16-5-3-4-13(10-16)22(24,25)26/h3-6,8,10-11,15H,7,9,12H2,1-2H3,(H,36,37)(H,30,31,32,33)/p-1/t15-/m0/s1. The van der Waals surface area contributed by atoms with Crippen LogP contribution in [0.15, 0.2) is 47.4 Å². The lowest BCUT2D eigenvalue weighted by Crippen LogP contribution is -2.60. The third-order valence-electron chi connectivity index (χ3n) is 6.40. The fraction of sp³-hybridized carbons (Fsp3) is 0.391. The summed E-state index contributed by atoms with van der Waals surface area (Å²) >= 11 is 0. The van der Waals surface area contributed by atoms with Gasteiger partial charge in [-0.3, -0.25) is 4.31 Å². The highest BCUT2D eigenvalue weighted by Crippen LogP contribution is 2.44. The van der Waals surface area contributed by atoms with Crippen molar-refractivity contribution in [3.05, 3.63) is 53.9 Å². The van der Waals surface area contributed by atoms with E-state index in [1.165, 1.54) is 0 Å². The maximum atomic E-state index is 13.8. The second-order valence-corrected chi connectivity index (χ2v) is 11.3. The van der Waals surface area contributed by atoms with Gasteiger partial charge in [-0.05, 0) is 56.7 Å². The number of H-pyrrole nitrogens is 1. The van der Waals surface area contributed by atoms with Crippen LogP contribution in [-0.4, -0.2) is 59.5 Å². The van der Waals surface area contributed by atoms with Crippen LogP contribution in [0.4, 0.5) is 42.5 Å². The summed E-state index contributed by atoms with van der Waals surface area (Å²) in [5, 5.41) is 25.1. The number of rotatable bonds is 7. The van der Waals surface area contributed by atoms with Gasteiger partial charge in [0.2, 0.25) is 0 Å². The zero-order valence-corrected chi connectivity index (χ0v) is 22.0. The van der Waals surface area contributed by atoms with E-state index in [4.69, 9.17) is 4.74 Å². The maximum absolute atomic E-state index is 13.8. The third-order valence-corrected chi connectivity index (χ3v) is 8.17. The zero-order valence-electron chi connectivity index (χ0n) is 21.2. The molecule has 4 rings (SSSR count). The number of tetrazole rings is 1. The number of fused-ring (bicyclic) bond motifs is 1. The number of sulfonamides is 1. The number of carbonyl (C=O) groups excluding carboxylic acids is 1. The van der Waals surface area contributed by atoms with Crippen LogP contribution in [0.2, 0.25) is 0 Å². The summed E-state index contributed by atoms with van der Waals surface area (Å²) in [6.45, 7) is 0.689. The Kier molecular flexibility index (Phi) is 7.57. The number of aryl methyl sites for hydroxylation is 1. The van der Waals surface area contributed by atoms with Crippen molar-refractivity contribution < 1.29 is 49.4 Å². The highest BCUT2D eigenvalue weighted by Gasteiger charge is 2.52. The first-order chi connectivity index (χ1) is 18.9. The smallest absolute Gasteiger partial charge is 0.416 e. The number of hydrogen-bond donors (Lipinski definition) is 1. The first-order valence-corrected chi connectivity index (χ1v) is 13.2. The summed E-state index contributed by atoms with van der Waals surface area (Å²) in [4.78, 5) is 11.0. The molecule has 1 aliphatic rings. The predicted octanol–water partition coefficient (Wildman–Crippen LogP) is 3.30. The van der Waals surface area contributed by atoms with Crippen molar-refractivity contribution in [2.75, 3.05) is 15.7 Å². The topological polar surface area (TPSA) is 144 Å². The quantitative estimate of drug-likeness (QED) is 0.403. The van der Waals surface area contributed by atoms with Crippen molar-refractivity contribution in [3.8, 4) is 5.75 Å². The summed E-state index contributed by atoms with van der Waals surface area (Å²) in [5.41, 5.74) is -5.25. The molecular weight excluding hydrogens is 586 g/mol. The monoisotopic (exact) mass is 607 g/mol. The Balaban J connectivity index is 1.82. The number of halogens is 6. The van der Waals surface area contributed by atoms with Gasteiger partial charge in [-0.1, -0.05) is 11.3 Å². The Morgan fingerprint density at radius 2 is 1.85 bits per heavy atom. The first-order valence-electron chi connectivity index (χ1n) is 11.7. The number of aromatic nitrogens is 4. The molecule has 41 heavy (non-hydrogen) atoms. The van der Waals surface area contributed by atoms with Gasteiger partial charge in [0.25, 0.3) is 10.0 Å². The van der Waals surface area contributed by atoms with Crippen LogP contribution in [0.3, 0.4) is 0 Å². The number of anilines is 2. The number of carbonyl (C=O) groups is 1. The molecular formula is C23H21F6N6O5S-. The summed E-state index contributed by atoms with van der Waals surface area (Å²) < 4.78 is 115. The van der Waals surface area contributed by atoms with E-state index in [0.29, 0.717) is 30.3 Å². The van der Waals surface area contributed by atoms with Crippen LogP contribution in [0.1, 0.15) is 31.7 Å². The molecule has 2 heterocycles. The minimum Gasteiger partial charge on any atom is -0.530 e. The highest BCUT2D eigenvalue weighted by molar-refractivity contribution is 7.92. The molecule has 18 heteroatoms. The molecule has 3 aromatic rings. The first kappa shape index (κ1) is 29.9. The molecule has 0 fully saturated rings. The summed E-state index contributed by atoms with van der Waals surface area (Å²) in [6, 6.07) is 5.79. The number of benzene rings is 2. The summed E-state index contributed by atoms with van der Waals surface area (Å²) in [5.74, 6) is 0.0952. The number of amides is 1. The third kappa shape index (κ3) is 5.86. The Morgan fingerprint density at radius 1 is 1.15 bits per heavy atom. The van der Waals surface area contributed by atoms with Gasteiger partial charge in [0.05, 0.1) is 22.7 Å². The molecule has 2 aromatic carbocycles. The van der Waals surface area contributed by atoms with Gasteiger partial charge >= 0.3 is 12.4 Å². The van der Waals surface area contributed by atoms with E-state index < -0.39 is 62.8 Å². The van der Waals surface area contributed by atoms with Crippen molar-refractivity contribution in [3.63, 3.8) is 0 Å². The zero-order chi connectivity index (χ0) is 30.4. The van der Waals surface area contributed by atoms with E-state index >= 15 is 0 Å². The minimum absolute atomic E-state index is 0.0926. The summed E-state index contributed by atoms with van der Waals surface area (Å²) in [7, 11) is -4.79. The molecule has 1 aliphatic heterocycles. The van der Waals surface area contributed by atoms with Crippen molar-refractivity contribution in [1.82, 2.24) is 20.6 Å². The number of aromatic amines is 1. The molecule has 11 nitrogen and oxygen atoms in total. The van der Waals surface area contributed by atoms with Crippen LogP contribution < -0.4 is 19.0 Å². The van der Waals surface area contributed by atoms with Crippen molar-refractivity contribution in [1.29, 1.82) is 0 Å². The summed E-state index contributed by atoms with van der Waals surface area (Å²) in [6.07, 6.45) is -12.8. The molecule has 1 atom stereocenters. The van der Waals surface area contributed by atoms with Crippen molar-refractivity contribution >= 4 is 27.5 Å². The van der Waals surface area contributed by atoms with Crippen LogP contribution in [0.25, 0.3) is 0 Å². The van der Waals surface area contributed by atoms with Crippen molar-refractivity contribution in [2.24, 2.45) is 0 Å². The van der Waals surface area contributed by atoms with E-state index in [2.05, 4.69) is 20.6 Å². The second kappa shape index (κ2) is 10.4. The highest BCUT2D eigenvalue weighted by atomic mass is 32.2. The molecule has 0 bridgehead atoms.